The third-order valence-corrected chi connectivity index (χ3v) is 13.2. The van der Waals surface area contributed by atoms with Crippen molar-refractivity contribution in [3.8, 4) is 0 Å². The molecule has 1 heterocycles. The van der Waals surface area contributed by atoms with Crippen LogP contribution in [0.1, 0.15) is 95.4 Å². The second kappa shape index (κ2) is 16.1. The molecule has 5 fully saturated rings. The van der Waals surface area contributed by atoms with Gasteiger partial charge in [-0.2, -0.15) is 5.06 Å². The average Bonchev–Trinajstić information content (AvgIpc) is 3.47. The van der Waals surface area contributed by atoms with Crippen molar-refractivity contribution in [2.45, 2.75) is 116 Å². The molecule has 9 atom stereocenters. The van der Waals surface area contributed by atoms with Crippen molar-refractivity contribution in [3.63, 3.8) is 0 Å². The van der Waals surface area contributed by atoms with E-state index in [1.54, 1.807) is 12.0 Å². The summed E-state index contributed by atoms with van der Waals surface area (Å²) >= 11 is 0. The first kappa shape index (κ1) is 37.4. The van der Waals surface area contributed by atoms with E-state index in [4.69, 9.17) is 4.84 Å². The Morgan fingerprint density at radius 2 is 1.74 bits per heavy atom. The quantitative estimate of drug-likeness (QED) is 0.223. The van der Waals surface area contributed by atoms with E-state index in [2.05, 4.69) is 105 Å². The first-order chi connectivity index (χ1) is 24.0. The number of hydrogen-bond donors (Lipinski definition) is 3. The van der Waals surface area contributed by atoms with Crippen LogP contribution in [0.4, 0.5) is 0 Å². The molecule has 2 aromatic carbocycles. The van der Waals surface area contributed by atoms with Gasteiger partial charge in [-0.15, -0.1) is 0 Å². The highest BCUT2D eigenvalue weighted by Gasteiger charge is 2.57. The second-order valence-electron chi connectivity index (χ2n) is 17.1. The molecule has 1 amide bonds. The summed E-state index contributed by atoms with van der Waals surface area (Å²) in [6.07, 6.45) is 7.26. The standard InChI is InChI=1S/C42H64N4O4/c1-28-35-23-34(42(35,3)4)24-36(28)43-41(49)40-38(29(2)48)37(27-47)50-46(40)26-31-15-13-14-30(22-31)25-45(21-20-44(5)6)39(32-16-9-7-10-17-32)33-18-11-8-12-19-33/h7,9-10,13-17,22,28-29,33-40,47-48H,8,11-12,18-21,23-27H2,1-6H3,(H,43,49)/t28-,29-,34-,35+,36-,37-,38+,39?,40-/m0/s1. The number of likely N-dealkylation sites (N-methyl/N-ethyl adjacent to an activating group) is 1. The third-order valence-electron chi connectivity index (χ3n) is 13.2. The van der Waals surface area contributed by atoms with Crippen LogP contribution in [0, 0.1) is 35.0 Å². The lowest BCUT2D eigenvalue weighted by molar-refractivity contribution is -0.183. The second-order valence-corrected chi connectivity index (χ2v) is 17.1. The van der Waals surface area contributed by atoms with Crippen LogP contribution in [-0.4, -0.2) is 89.1 Å². The zero-order chi connectivity index (χ0) is 35.6. The van der Waals surface area contributed by atoms with Gasteiger partial charge in [0.25, 0.3) is 0 Å². The van der Waals surface area contributed by atoms with Gasteiger partial charge in [0.2, 0.25) is 5.91 Å². The van der Waals surface area contributed by atoms with Gasteiger partial charge in [0.05, 0.1) is 19.3 Å². The van der Waals surface area contributed by atoms with Gasteiger partial charge in [-0.1, -0.05) is 94.6 Å². The molecule has 1 saturated heterocycles. The Bertz CT molecular complexity index is 1400. The molecular weight excluding hydrogens is 624 g/mol. The van der Waals surface area contributed by atoms with Crippen molar-refractivity contribution in [1.82, 2.24) is 20.2 Å². The minimum absolute atomic E-state index is 0.105. The number of benzene rings is 2. The Hall–Kier alpha value is -2.33. The topological polar surface area (TPSA) is 88.5 Å². The normalized spacial score (nSPS) is 31.0. The molecule has 0 radical (unpaired) electrons. The van der Waals surface area contributed by atoms with Crippen molar-refractivity contribution in [1.29, 1.82) is 0 Å². The maximum atomic E-state index is 14.2. The van der Waals surface area contributed by atoms with Gasteiger partial charge in [0, 0.05) is 37.6 Å². The van der Waals surface area contributed by atoms with Gasteiger partial charge < -0.3 is 20.4 Å². The molecule has 8 heteroatoms. The van der Waals surface area contributed by atoms with Crippen molar-refractivity contribution in [2.24, 2.45) is 35.0 Å². The maximum Gasteiger partial charge on any atom is 0.240 e. The minimum Gasteiger partial charge on any atom is -0.394 e. The van der Waals surface area contributed by atoms with E-state index in [0.29, 0.717) is 41.7 Å². The average molecular weight is 689 g/mol. The molecule has 4 aliphatic carbocycles. The van der Waals surface area contributed by atoms with E-state index < -0.39 is 24.2 Å². The van der Waals surface area contributed by atoms with Crippen LogP contribution in [-0.2, 0) is 22.7 Å². The van der Waals surface area contributed by atoms with Crippen LogP contribution in [0.25, 0.3) is 0 Å². The Morgan fingerprint density at radius 1 is 1.02 bits per heavy atom. The SMILES string of the molecule is C[C@@H]1[C@@H](NC(=O)[C@@H]2[C@H]([C@H](C)O)[C@H](CO)ON2Cc2cccc(CN(CCN(C)C)C(c3ccccc3)C3CCCCC3)c2)C[C@@H]2C[C@H]1C2(C)C. The number of carbonyl (C=O) groups is 1. The van der Waals surface area contributed by atoms with Crippen molar-refractivity contribution >= 4 is 5.91 Å². The zero-order valence-electron chi connectivity index (χ0n) is 31.5. The van der Waals surface area contributed by atoms with Crippen molar-refractivity contribution in [2.75, 3.05) is 33.8 Å². The van der Waals surface area contributed by atoms with Gasteiger partial charge in [-0.3, -0.25) is 14.5 Å². The minimum atomic E-state index is -0.810. The number of hydrogen-bond acceptors (Lipinski definition) is 7. The van der Waals surface area contributed by atoms with E-state index in [0.717, 1.165) is 31.6 Å². The summed E-state index contributed by atoms with van der Waals surface area (Å²) in [5, 5.41) is 26.4. The van der Waals surface area contributed by atoms with Crippen LogP contribution < -0.4 is 5.32 Å². The summed E-state index contributed by atoms with van der Waals surface area (Å²) in [5.74, 6) is 1.63. The van der Waals surface area contributed by atoms with Gasteiger partial charge in [-0.25, -0.2) is 0 Å². The fourth-order valence-corrected chi connectivity index (χ4v) is 10.3. The molecule has 276 valence electrons. The molecule has 7 rings (SSSR count). The summed E-state index contributed by atoms with van der Waals surface area (Å²) in [6, 6.07) is 19.6. The molecule has 0 spiro atoms. The van der Waals surface area contributed by atoms with E-state index in [9.17, 15) is 15.0 Å². The summed E-state index contributed by atoms with van der Waals surface area (Å²) in [6.45, 7) is 11.7. The summed E-state index contributed by atoms with van der Waals surface area (Å²) < 4.78 is 0. The molecule has 2 aromatic rings. The Balaban J connectivity index is 1.22. The summed E-state index contributed by atoms with van der Waals surface area (Å²) in [7, 11) is 4.30. The highest BCUT2D eigenvalue weighted by Crippen LogP contribution is 2.61. The van der Waals surface area contributed by atoms with E-state index in [1.807, 2.05) is 0 Å². The molecule has 1 aliphatic heterocycles. The number of fused-ring (bicyclic) bond motifs is 2. The first-order valence-electron chi connectivity index (χ1n) is 19.5. The smallest absolute Gasteiger partial charge is 0.240 e. The molecule has 2 bridgehead atoms. The Labute approximate surface area is 301 Å². The molecule has 4 saturated carbocycles. The lowest BCUT2D eigenvalue weighted by Crippen LogP contribution is -2.62. The third kappa shape index (κ3) is 8.01. The van der Waals surface area contributed by atoms with Gasteiger partial charge in [0.1, 0.15) is 12.1 Å². The van der Waals surface area contributed by atoms with Crippen molar-refractivity contribution < 1.29 is 19.8 Å². The van der Waals surface area contributed by atoms with Gasteiger partial charge in [0.15, 0.2) is 0 Å². The van der Waals surface area contributed by atoms with E-state index >= 15 is 0 Å². The van der Waals surface area contributed by atoms with Gasteiger partial charge in [-0.05, 0) is 92.5 Å². The molecule has 3 N–H and O–H groups in total. The highest BCUT2D eigenvalue weighted by atomic mass is 16.7. The summed E-state index contributed by atoms with van der Waals surface area (Å²) in [5.41, 5.74) is 4.03. The predicted octanol–water partition coefficient (Wildman–Crippen LogP) is 6.03. The molecular formula is C42H64N4O4. The lowest BCUT2D eigenvalue weighted by atomic mass is 9.45. The highest BCUT2D eigenvalue weighted by molar-refractivity contribution is 5.82. The molecule has 8 nitrogen and oxygen atoms in total. The maximum absolute atomic E-state index is 14.2. The zero-order valence-corrected chi connectivity index (χ0v) is 31.5. The molecule has 50 heavy (non-hydrogen) atoms. The van der Waals surface area contributed by atoms with Crippen LogP contribution in [0.2, 0.25) is 0 Å². The number of aliphatic hydroxyl groups is 2. The number of rotatable bonds is 14. The fraction of sp³-hybridized carbons (Fsp3) is 0.690. The van der Waals surface area contributed by atoms with Crippen LogP contribution >= 0.6 is 0 Å². The first-order valence-corrected chi connectivity index (χ1v) is 19.5. The monoisotopic (exact) mass is 688 g/mol. The van der Waals surface area contributed by atoms with E-state index in [1.165, 1.54) is 49.7 Å². The van der Waals surface area contributed by atoms with Crippen LogP contribution in [0.5, 0.6) is 0 Å². The predicted molar refractivity (Wildman–Crippen MR) is 199 cm³/mol. The number of carbonyl (C=O) groups excluding carboxylic acids is 1. The van der Waals surface area contributed by atoms with Crippen LogP contribution in [0.3, 0.4) is 0 Å². The number of amides is 1. The molecule has 5 aliphatic rings. The number of nitrogens with one attached hydrogen (secondary N) is 1. The van der Waals surface area contributed by atoms with Crippen LogP contribution in [0.15, 0.2) is 54.6 Å². The largest absolute Gasteiger partial charge is 0.394 e. The van der Waals surface area contributed by atoms with Gasteiger partial charge >= 0.3 is 0 Å². The number of hydroxylamine groups is 2. The van der Waals surface area contributed by atoms with E-state index in [-0.39, 0.29) is 18.6 Å². The number of aliphatic hydroxyl groups excluding tert-OH is 2. The summed E-state index contributed by atoms with van der Waals surface area (Å²) in [4.78, 5) is 25.5. The Kier molecular flexibility index (Phi) is 12.1. The lowest BCUT2D eigenvalue weighted by Gasteiger charge is -2.62. The van der Waals surface area contributed by atoms with Crippen molar-refractivity contribution in [3.05, 3.63) is 71.3 Å². The number of nitrogens with zero attached hydrogens (tertiary/aromatic N) is 3. The Morgan fingerprint density at radius 3 is 2.38 bits per heavy atom. The molecule has 0 aromatic heterocycles. The fourth-order valence-electron chi connectivity index (χ4n) is 10.3. The molecule has 1 unspecified atom stereocenters.